The average Bonchev–Trinajstić information content (AvgIpc) is 2.72. The topological polar surface area (TPSA) is 42.1 Å². The number of rotatable bonds is 2. The van der Waals surface area contributed by atoms with Crippen molar-refractivity contribution in [1.82, 2.24) is 4.98 Å². The van der Waals surface area contributed by atoms with E-state index >= 15 is 0 Å². The summed E-state index contributed by atoms with van der Waals surface area (Å²) in [7, 11) is 1.25. The van der Waals surface area contributed by atoms with Crippen molar-refractivity contribution in [3.63, 3.8) is 0 Å². The van der Waals surface area contributed by atoms with Crippen molar-refractivity contribution in [3.8, 4) is 0 Å². The number of aryl methyl sites for hydroxylation is 1. The molecule has 2 rings (SSSR count). The number of ether oxygens (including phenoxy) is 1. The second kappa shape index (κ2) is 4.16. The summed E-state index contributed by atoms with van der Waals surface area (Å²) in [6.07, 6.45) is 0.500. The van der Waals surface area contributed by atoms with Gasteiger partial charge in [-0.3, -0.25) is 0 Å². The van der Waals surface area contributed by atoms with Crippen LogP contribution in [0, 0.1) is 11.6 Å². The van der Waals surface area contributed by atoms with Crippen LogP contribution in [0.1, 0.15) is 23.0 Å². The third-order valence-corrected chi connectivity index (χ3v) is 2.68. The Labute approximate surface area is 96.4 Å². The van der Waals surface area contributed by atoms with Gasteiger partial charge >= 0.3 is 5.97 Å². The number of carbonyl (C=O) groups is 1. The molecule has 17 heavy (non-hydrogen) atoms. The highest BCUT2D eigenvalue weighted by Gasteiger charge is 2.21. The first-order valence-electron chi connectivity index (χ1n) is 5.17. The van der Waals surface area contributed by atoms with Crippen molar-refractivity contribution in [3.05, 3.63) is 35.0 Å². The third-order valence-electron chi connectivity index (χ3n) is 2.68. The van der Waals surface area contributed by atoms with Crippen LogP contribution in [0.2, 0.25) is 0 Å². The lowest BCUT2D eigenvalue weighted by molar-refractivity contribution is 0.0602. The predicted molar refractivity (Wildman–Crippen MR) is 58.9 cm³/mol. The first-order chi connectivity index (χ1) is 8.10. The fraction of sp³-hybridized carbons (Fsp3) is 0.250. The van der Waals surface area contributed by atoms with Crippen molar-refractivity contribution < 1.29 is 18.3 Å². The van der Waals surface area contributed by atoms with Gasteiger partial charge in [-0.05, 0) is 18.6 Å². The Kier molecular flexibility index (Phi) is 2.83. The molecule has 0 aliphatic carbocycles. The highest BCUT2D eigenvalue weighted by Crippen LogP contribution is 2.27. The second-order valence-electron chi connectivity index (χ2n) is 3.61. The van der Waals surface area contributed by atoms with E-state index in [1.807, 2.05) is 6.92 Å². The molecular weight excluding hydrogens is 228 g/mol. The van der Waals surface area contributed by atoms with Gasteiger partial charge in [-0.1, -0.05) is 6.92 Å². The Hall–Kier alpha value is -1.91. The van der Waals surface area contributed by atoms with Gasteiger partial charge in [0.25, 0.3) is 0 Å². The number of carbonyl (C=O) groups excluding carboxylic acids is 1. The number of hydrogen-bond acceptors (Lipinski definition) is 2. The Balaban J connectivity index is 2.81. The van der Waals surface area contributed by atoms with Crippen LogP contribution in [-0.2, 0) is 11.2 Å². The summed E-state index contributed by atoms with van der Waals surface area (Å²) in [5.41, 5.74) is 0.808. The van der Waals surface area contributed by atoms with Gasteiger partial charge in [0.1, 0.15) is 0 Å². The first-order valence-corrected chi connectivity index (χ1v) is 5.17. The molecule has 0 bridgehead atoms. The minimum atomic E-state index is -0.979. The average molecular weight is 239 g/mol. The van der Waals surface area contributed by atoms with Gasteiger partial charge in [-0.15, -0.1) is 0 Å². The van der Waals surface area contributed by atoms with Gasteiger partial charge in [0.15, 0.2) is 11.6 Å². The molecule has 0 spiro atoms. The van der Waals surface area contributed by atoms with Gasteiger partial charge in [-0.2, -0.15) is 0 Å². The number of esters is 1. The van der Waals surface area contributed by atoms with Gasteiger partial charge in [0.2, 0.25) is 0 Å². The third kappa shape index (κ3) is 1.67. The van der Waals surface area contributed by atoms with Crippen molar-refractivity contribution in [2.24, 2.45) is 0 Å². The Morgan fingerprint density at radius 2 is 2.12 bits per heavy atom. The minimum Gasteiger partial charge on any atom is -0.465 e. The number of methoxy groups -OCH3 is 1. The largest absolute Gasteiger partial charge is 0.465 e. The first kappa shape index (κ1) is 11.6. The lowest BCUT2D eigenvalue weighted by Crippen LogP contribution is -2.03. The molecule has 0 radical (unpaired) electrons. The molecule has 0 unspecified atom stereocenters. The van der Waals surface area contributed by atoms with Crippen LogP contribution in [0.3, 0.4) is 0 Å². The van der Waals surface area contributed by atoms with E-state index in [4.69, 9.17) is 0 Å². The van der Waals surface area contributed by atoms with Gasteiger partial charge in [-0.25, -0.2) is 13.6 Å². The zero-order chi connectivity index (χ0) is 12.6. The molecule has 0 saturated heterocycles. The van der Waals surface area contributed by atoms with Crippen LogP contribution in [0.25, 0.3) is 10.9 Å². The molecule has 1 aromatic carbocycles. The fourth-order valence-electron chi connectivity index (χ4n) is 1.86. The molecule has 0 saturated carbocycles. The molecule has 5 heteroatoms. The van der Waals surface area contributed by atoms with Crippen molar-refractivity contribution >= 4 is 16.9 Å². The summed E-state index contributed by atoms with van der Waals surface area (Å²) in [4.78, 5) is 14.3. The zero-order valence-electron chi connectivity index (χ0n) is 9.43. The number of hydrogen-bond donors (Lipinski definition) is 1. The molecule has 1 aromatic heterocycles. The van der Waals surface area contributed by atoms with Gasteiger partial charge in [0, 0.05) is 11.1 Å². The lowest BCUT2D eigenvalue weighted by Gasteiger charge is -2.00. The summed E-state index contributed by atoms with van der Waals surface area (Å²) in [5.74, 6) is -2.48. The molecule has 0 aliphatic heterocycles. The molecular formula is C12H11F2NO2. The number of benzene rings is 1. The Morgan fingerprint density at radius 1 is 1.41 bits per heavy atom. The number of aromatic amines is 1. The highest BCUT2D eigenvalue weighted by molar-refractivity contribution is 6.05. The van der Waals surface area contributed by atoms with Gasteiger partial charge in [0.05, 0.1) is 18.2 Å². The maximum absolute atomic E-state index is 13.5. The standard InChI is InChI=1S/C12H11F2NO2/c1-3-8-9(12(16)17-2)6-4-5-7(13)10(14)11(6)15-8/h4-5,15H,3H2,1-2H3. The van der Waals surface area contributed by atoms with E-state index in [2.05, 4.69) is 9.72 Å². The molecule has 90 valence electrons. The van der Waals surface area contributed by atoms with Crippen LogP contribution in [0.15, 0.2) is 12.1 Å². The Morgan fingerprint density at radius 3 is 2.71 bits per heavy atom. The summed E-state index contributed by atoms with van der Waals surface area (Å²) >= 11 is 0. The molecule has 1 N–H and O–H groups in total. The van der Waals surface area contributed by atoms with Crippen LogP contribution in [-0.4, -0.2) is 18.1 Å². The minimum absolute atomic E-state index is 0.00208. The highest BCUT2D eigenvalue weighted by atomic mass is 19.2. The van der Waals surface area contributed by atoms with E-state index in [9.17, 15) is 13.6 Å². The summed E-state index contributed by atoms with van der Waals surface area (Å²) in [6, 6.07) is 2.37. The van der Waals surface area contributed by atoms with Crippen molar-refractivity contribution in [2.75, 3.05) is 7.11 Å². The second-order valence-corrected chi connectivity index (χ2v) is 3.61. The maximum atomic E-state index is 13.5. The molecule has 0 atom stereocenters. The normalized spacial score (nSPS) is 10.8. The van der Waals surface area contributed by atoms with Crippen molar-refractivity contribution in [1.29, 1.82) is 0 Å². The van der Waals surface area contributed by atoms with E-state index in [0.717, 1.165) is 6.07 Å². The Bertz CT molecular complexity index is 590. The molecule has 0 aliphatic rings. The summed E-state index contributed by atoms with van der Waals surface area (Å²) < 4.78 is 31.2. The van der Waals surface area contributed by atoms with E-state index in [1.165, 1.54) is 13.2 Å². The van der Waals surface area contributed by atoms with Gasteiger partial charge < -0.3 is 9.72 Å². The monoisotopic (exact) mass is 239 g/mol. The number of H-pyrrole nitrogens is 1. The molecule has 1 heterocycles. The number of fused-ring (bicyclic) bond motifs is 1. The van der Waals surface area contributed by atoms with Crippen molar-refractivity contribution in [2.45, 2.75) is 13.3 Å². The molecule has 2 aromatic rings. The van der Waals surface area contributed by atoms with Crippen LogP contribution in [0.5, 0.6) is 0 Å². The quantitative estimate of drug-likeness (QED) is 0.819. The molecule has 3 nitrogen and oxygen atoms in total. The molecule has 0 amide bonds. The van der Waals surface area contributed by atoms with E-state index < -0.39 is 17.6 Å². The van der Waals surface area contributed by atoms with Crippen LogP contribution < -0.4 is 0 Å². The predicted octanol–water partition coefficient (Wildman–Crippen LogP) is 2.80. The SMILES string of the molecule is CCc1[nH]c2c(F)c(F)ccc2c1C(=O)OC. The number of aromatic nitrogens is 1. The van der Waals surface area contributed by atoms with E-state index in [-0.39, 0.29) is 11.1 Å². The smallest absolute Gasteiger partial charge is 0.340 e. The maximum Gasteiger partial charge on any atom is 0.340 e. The van der Waals surface area contributed by atoms with E-state index in [1.54, 1.807) is 0 Å². The van der Waals surface area contributed by atoms with Crippen LogP contribution in [0.4, 0.5) is 8.78 Å². The van der Waals surface area contributed by atoms with E-state index in [0.29, 0.717) is 17.5 Å². The summed E-state index contributed by atoms with van der Waals surface area (Å²) in [5, 5.41) is 0.340. The lowest BCUT2D eigenvalue weighted by atomic mass is 10.1. The van der Waals surface area contributed by atoms with Crippen LogP contribution >= 0.6 is 0 Å². The zero-order valence-corrected chi connectivity index (χ0v) is 9.43. The fourth-order valence-corrected chi connectivity index (χ4v) is 1.86. The molecule has 0 fully saturated rings. The number of nitrogens with one attached hydrogen (secondary N) is 1. The summed E-state index contributed by atoms with van der Waals surface area (Å²) in [6.45, 7) is 1.81. The number of halogens is 2.